The summed E-state index contributed by atoms with van der Waals surface area (Å²) in [6.07, 6.45) is 7.24. The van der Waals surface area contributed by atoms with Crippen LogP contribution in [-0.2, 0) is 0 Å². The van der Waals surface area contributed by atoms with Crippen LogP contribution >= 0.6 is 0 Å². The molecule has 1 N–H and O–H groups in total. The molecule has 0 amide bonds. The Morgan fingerprint density at radius 3 is 2.53 bits per heavy atom. The van der Waals surface area contributed by atoms with Crippen molar-refractivity contribution in [2.24, 2.45) is 0 Å². The molecule has 0 fully saturated rings. The zero-order valence-corrected chi connectivity index (χ0v) is 11.4. The lowest BCUT2D eigenvalue weighted by Crippen LogP contribution is -2.30. The van der Waals surface area contributed by atoms with Crippen molar-refractivity contribution in [3.8, 4) is 12.3 Å². The second-order valence-corrected chi connectivity index (χ2v) is 4.75. The van der Waals surface area contributed by atoms with Gasteiger partial charge in [-0.2, -0.15) is 0 Å². The summed E-state index contributed by atoms with van der Waals surface area (Å²) >= 11 is 0. The van der Waals surface area contributed by atoms with Crippen LogP contribution in [0.3, 0.4) is 0 Å². The predicted octanol–water partition coefficient (Wildman–Crippen LogP) is 3.76. The summed E-state index contributed by atoms with van der Waals surface area (Å²) in [5, 5.41) is 3.59. The van der Waals surface area contributed by atoms with Gasteiger partial charge < -0.3 is 5.32 Å². The van der Waals surface area contributed by atoms with E-state index in [9.17, 15) is 0 Å². The summed E-state index contributed by atoms with van der Waals surface area (Å²) in [5.74, 6) is 2.73. The molecule has 2 unspecified atom stereocenters. The summed E-state index contributed by atoms with van der Waals surface area (Å²) in [6.45, 7) is 8.67. The average molecular weight is 229 g/mol. The van der Waals surface area contributed by atoms with Crippen molar-refractivity contribution < 1.29 is 0 Å². The molecule has 1 nitrogen and oxygen atoms in total. The van der Waals surface area contributed by atoms with Crippen molar-refractivity contribution in [1.29, 1.82) is 0 Å². The Kier molecular flexibility index (Phi) is 5.25. The fourth-order valence-electron chi connectivity index (χ4n) is 1.95. The van der Waals surface area contributed by atoms with Crippen LogP contribution in [0.2, 0.25) is 0 Å². The standard InChI is InChI=1S/C16H23N/c1-6-8-16(7-2)17-14(5)15-10-9-12(3)13(4)11-15/h1,9-11,14,16-17H,7-8H2,2-5H3. The Bertz CT molecular complexity index is 400. The number of hydrogen-bond acceptors (Lipinski definition) is 1. The predicted molar refractivity (Wildman–Crippen MR) is 75.0 cm³/mol. The highest BCUT2D eigenvalue weighted by Crippen LogP contribution is 2.18. The van der Waals surface area contributed by atoms with Gasteiger partial charge in [0.15, 0.2) is 0 Å². The van der Waals surface area contributed by atoms with Gasteiger partial charge in [-0.1, -0.05) is 25.1 Å². The molecular weight excluding hydrogens is 206 g/mol. The van der Waals surface area contributed by atoms with E-state index in [1.54, 1.807) is 0 Å². The first kappa shape index (κ1) is 13.8. The zero-order chi connectivity index (χ0) is 12.8. The highest BCUT2D eigenvalue weighted by molar-refractivity contribution is 5.31. The highest BCUT2D eigenvalue weighted by atomic mass is 14.9. The quantitative estimate of drug-likeness (QED) is 0.758. The van der Waals surface area contributed by atoms with Crippen LogP contribution in [0.1, 0.15) is 49.4 Å². The van der Waals surface area contributed by atoms with Crippen LogP contribution in [0.4, 0.5) is 0 Å². The molecule has 0 aliphatic heterocycles. The van der Waals surface area contributed by atoms with E-state index < -0.39 is 0 Å². The normalized spacial score (nSPS) is 14.1. The van der Waals surface area contributed by atoms with Crippen LogP contribution in [-0.4, -0.2) is 6.04 Å². The van der Waals surface area contributed by atoms with Crippen molar-refractivity contribution in [1.82, 2.24) is 5.32 Å². The minimum absolute atomic E-state index is 0.354. The molecule has 0 bridgehead atoms. The Morgan fingerprint density at radius 1 is 1.29 bits per heavy atom. The Hall–Kier alpha value is -1.26. The summed E-state index contributed by atoms with van der Waals surface area (Å²) in [4.78, 5) is 0. The second-order valence-electron chi connectivity index (χ2n) is 4.75. The third-order valence-electron chi connectivity index (χ3n) is 3.37. The third-order valence-corrected chi connectivity index (χ3v) is 3.37. The van der Waals surface area contributed by atoms with Gasteiger partial charge in [0.05, 0.1) is 0 Å². The Morgan fingerprint density at radius 2 is 2.00 bits per heavy atom. The van der Waals surface area contributed by atoms with Gasteiger partial charge in [0, 0.05) is 18.5 Å². The molecule has 0 aromatic heterocycles. The number of nitrogens with one attached hydrogen (secondary N) is 1. The molecule has 17 heavy (non-hydrogen) atoms. The maximum absolute atomic E-state index is 5.37. The van der Waals surface area contributed by atoms with Crippen molar-refractivity contribution in [2.75, 3.05) is 0 Å². The first-order chi connectivity index (χ1) is 8.08. The van der Waals surface area contributed by atoms with Gasteiger partial charge >= 0.3 is 0 Å². The van der Waals surface area contributed by atoms with Gasteiger partial charge in [0.2, 0.25) is 0 Å². The van der Waals surface area contributed by atoms with Crippen LogP contribution in [0.15, 0.2) is 18.2 Å². The van der Waals surface area contributed by atoms with Crippen molar-refractivity contribution in [3.05, 3.63) is 34.9 Å². The van der Waals surface area contributed by atoms with Crippen molar-refractivity contribution in [2.45, 2.75) is 52.6 Å². The first-order valence-corrected chi connectivity index (χ1v) is 6.35. The summed E-state index contributed by atoms with van der Waals surface area (Å²) in [7, 11) is 0. The first-order valence-electron chi connectivity index (χ1n) is 6.35. The lowest BCUT2D eigenvalue weighted by molar-refractivity contribution is 0.449. The van der Waals surface area contributed by atoms with E-state index in [1.807, 2.05) is 0 Å². The van der Waals surface area contributed by atoms with Crippen LogP contribution in [0, 0.1) is 26.2 Å². The topological polar surface area (TPSA) is 12.0 Å². The summed E-state index contributed by atoms with van der Waals surface area (Å²) < 4.78 is 0. The fraction of sp³-hybridized carbons (Fsp3) is 0.500. The van der Waals surface area contributed by atoms with Crippen LogP contribution in [0.25, 0.3) is 0 Å². The highest BCUT2D eigenvalue weighted by Gasteiger charge is 2.11. The molecular formula is C16H23N. The Labute approximate surface area is 106 Å². The minimum Gasteiger partial charge on any atom is -0.307 e. The van der Waals surface area contributed by atoms with Gasteiger partial charge in [-0.05, 0) is 43.9 Å². The lowest BCUT2D eigenvalue weighted by atomic mass is 10.0. The SMILES string of the molecule is C#CCC(CC)NC(C)c1ccc(C)c(C)c1. The maximum Gasteiger partial charge on any atom is 0.0294 e. The number of terminal acetylenes is 1. The van der Waals surface area contributed by atoms with Crippen molar-refractivity contribution in [3.63, 3.8) is 0 Å². The molecule has 0 saturated carbocycles. The molecule has 0 radical (unpaired) electrons. The van der Waals surface area contributed by atoms with Gasteiger partial charge in [-0.25, -0.2) is 0 Å². The molecule has 0 saturated heterocycles. The molecule has 1 rings (SSSR count). The van der Waals surface area contributed by atoms with E-state index in [1.165, 1.54) is 16.7 Å². The number of aryl methyl sites for hydroxylation is 2. The maximum atomic E-state index is 5.37. The van der Waals surface area contributed by atoms with E-state index in [0.29, 0.717) is 12.1 Å². The number of benzene rings is 1. The summed E-state index contributed by atoms with van der Waals surface area (Å²) in [6, 6.07) is 7.41. The monoisotopic (exact) mass is 229 g/mol. The molecule has 92 valence electrons. The van der Waals surface area contributed by atoms with E-state index in [0.717, 1.165) is 12.8 Å². The molecule has 1 heteroatoms. The third kappa shape index (κ3) is 3.91. The largest absolute Gasteiger partial charge is 0.307 e. The van der Waals surface area contributed by atoms with Gasteiger partial charge in [-0.3, -0.25) is 0 Å². The lowest BCUT2D eigenvalue weighted by Gasteiger charge is -2.21. The molecule has 0 heterocycles. The minimum atomic E-state index is 0.354. The molecule has 0 spiro atoms. The zero-order valence-electron chi connectivity index (χ0n) is 11.4. The fourth-order valence-corrected chi connectivity index (χ4v) is 1.95. The Balaban J connectivity index is 2.72. The van der Waals surface area contributed by atoms with Crippen molar-refractivity contribution >= 4 is 0 Å². The second kappa shape index (κ2) is 6.47. The van der Waals surface area contributed by atoms with Crippen LogP contribution < -0.4 is 5.32 Å². The molecule has 1 aromatic carbocycles. The smallest absolute Gasteiger partial charge is 0.0294 e. The molecule has 0 aliphatic rings. The number of rotatable bonds is 5. The average Bonchev–Trinajstić information content (AvgIpc) is 2.31. The van der Waals surface area contributed by atoms with Gasteiger partial charge in [0.25, 0.3) is 0 Å². The van der Waals surface area contributed by atoms with E-state index in [4.69, 9.17) is 6.42 Å². The van der Waals surface area contributed by atoms with E-state index in [2.05, 4.69) is 57.1 Å². The summed E-state index contributed by atoms with van der Waals surface area (Å²) in [5.41, 5.74) is 4.03. The number of hydrogen-bond donors (Lipinski definition) is 1. The van der Waals surface area contributed by atoms with Gasteiger partial charge in [0.1, 0.15) is 0 Å². The van der Waals surface area contributed by atoms with Crippen LogP contribution in [0.5, 0.6) is 0 Å². The molecule has 2 atom stereocenters. The molecule has 1 aromatic rings. The van der Waals surface area contributed by atoms with E-state index in [-0.39, 0.29) is 0 Å². The van der Waals surface area contributed by atoms with E-state index >= 15 is 0 Å². The molecule has 0 aliphatic carbocycles. The van der Waals surface area contributed by atoms with Gasteiger partial charge in [-0.15, -0.1) is 12.3 Å².